The van der Waals surface area contributed by atoms with Gasteiger partial charge in [-0.25, -0.2) is 15.0 Å². The molecule has 0 radical (unpaired) electrons. The Morgan fingerprint density at radius 1 is 1.19 bits per heavy atom. The van der Waals surface area contributed by atoms with Crippen molar-refractivity contribution in [3.8, 4) is 5.82 Å². The number of benzene rings is 1. The van der Waals surface area contributed by atoms with Crippen LogP contribution in [0.15, 0.2) is 72.4 Å². The fourth-order valence-corrected chi connectivity index (χ4v) is 2.62. The number of nitrogens with one attached hydrogen (secondary N) is 2. The van der Waals surface area contributed by atoms with Crippen LogP contribution in [-0.4, -0.2) is 27.0 Å². The predicted octanol–water partition coefficient (Wildman–Crippen LogP) is 3.70. The summed E-state index contributed by atoms with van der Waals surface area (Å²) in [4.78, 5) is 13.2. The largest absolute Gasteiger partial charge is 0.357 e. The van der Waals surface area contributed by atoms with Crippen LogP contribution >= 0.6 is 24.0 Å². The smallest absolute Gasteiger partial charge is 0.192 e. The van der Waals surface area contributed by atoms with E-state index in [0.29, 0.717) is 6.54 Å². The average Bonchev–Trinajstić information content (AvgIpc) is 3.22. The minimum atomic E-state index is 0. The number of pyridine rings is 1. The zero-order chi connectivity index (χ0) is 18.2. The normalized spacial score (nSPS) is 12.1. The second kappa shape index (κ2) is 10.7. The van der Waals surface area contributed by atoms with Gasteiger partial charge in [-0.05, 0) is 37.1 Å². The van der Waals surface area contributed by atoms with Gasteiger partial charge in [-0.2, -0.15) is 0 Å². The van der Waals surface area contributed by atoms with Gasteiger partial charge < -0.3 is 10.6 Å². The topological polar surface area (TPSA) is 67.1 Å². The maximum absolute atomic E-state index is 4.71. The third kappa shape index (κ3) is 6.06. The molecular formula is C20H25IN6. The Morgan fingerprint density at radius 3 is 2.70 bits per heavy atom. The number of rotatable bonds is 6. The molecule has 2 heterocycles. The van der Waals surface area contributed by atoms with E-state index < -0.39 is 0 Å². The lowest BCUT2D eigenvalue weighted by atomic mass is 10.1. The quantitative estimate of drug-likeness (QED) is 0.324. The molecule has 1 unspecified atom stereocenters. The summed E-state index contributed by atoms with van der Waals surface area (Å²) in [6.45, 7) is 5.57. The molecule has 0 spiro atoms. The van der Waals surface area contributed by atoms with Crippen molar-refractivity contribution in [1.82, 2.24) is 25.2 Å². The van der Waals surface area contributed by atoms with Crippen molar-refractivity contribution in [2.24, 2.45) is 4.99 Å². The van der Waals surface area contributed by atoms with Gasteiger partial charge in [0.1, 0.15) is 12.1 Å². The second-order valence-corrected chi connectivity index (χ2v) is 5.96. The lowest BCUT2D eigenvalue weighted by molar-refractivity contribution is 0.686. The van der Waals surface area contributed by atoms with Crippen LogP contribution in [0.5, 0.6) is 0 Å². The zero-order valence-electron chi connectivity index (χ0n) is 15.5. The van der Waals surface area contributed by atoms with Gasteiger partial charge in [0, 0.05) is 25.1 Å². The molecular weight excluding hydrogens is 451 g/mol. The van der Waals surface area contributed by atoms with E-state index >= 15 is 0 Å². The first-order valence-electron chi connectivity index (χ1n) is 8.79. The van der Waals surface area contributed by atoms with Crippen LogP contribution in [0.25, 0.3) is 5.82 Å². The summed E-state index contributed by atoms with van der Waals surface area (Å²) in [6, 6.07) is 14.5. The summed E-state index contributed by atoms with van der Waals surface area (Å²) >= 11 is 0. The van der Waals surface area contributed by atoms with E-state index in [1.165, 1.54) is 5.56 Å². The van der Waals surface area contributed by atoms with Gasteiger partial charge in [0.15, 0.2) is 5.96 Å². The first-order chi connectivity index (χ1) is 12.8. The van der Waals surface area contributed by atoms with E-state index in [1.54, 1.807) is 18.7 Å². The number of imidazole rings is 1. The molecule has 0 aliphatic heterocycles. The van der Waals surface area contributed by atoms with Crippen LogP contribution in [0.3, 0.4) is 0 Å². The number of aliphatic imine (C=N–C) groups is 1. The number of nitrogens with zero attached hydrogens (tertiary/aromatic N) is 4. The number of hydrogen-bond acceptors (Lipinski definition) is 3. The van der Waals surface area contributed by atoms with Crippen molar-refractivity contribution in [1.29, 1.82) is 0 Å². The van der Waals surface area contributed by atoms with Gasteiger partial charge in [-0.3, -0.25) is 4.57 Å². The summed E-state index contributed by atoms with van der Waals surface area (Å²) in [5.41, 5.74) is 2.32. The summed E-state index contributed by atoms with van der Waals surface area (Å²) in [5.74, 6) is 1.63. The first kappa shape index (κ1) is 20.9. The van der Waals surface area contributed by atoms with Crippen molar-refractivity contribution in [2.75, 3.05) is 6.54 Å². The first-order valence-corrected chi connectivity index (χ1v) is 8.79. The Labute approximate surface area is 177 Å². The molecule has 6 nitrogen and oxygen atoms in total. The molecule has 0 aliphatic carbocycles. The monoisotopic (exact) mass is 476 g/mol. The molecule has 2 aromatic heterocycles. The molecule has 0 aliphatic rings. The highest BCUT2D eigenvalue weighted by atomic mass is 127. The molecule has 1 atom stereocenters. The van der Waals surface area contributed by atoms with Gasteiger partial charge >= 0.3 is 0 Å². The second-order valence-electron chi connectivity index (χ2n) is 5.96. The minimum Gasteiger partial charge on any atom is -0.357 e. The Kier molecular flexibility index (Phi) is 8.25. The van der Waals surface area contributed by atoms with E-state index in [-0.39, 0.29) is 30.0 Å². The highest BCUT2D eigenvalue weighted by Gasteiger charge is 2.07. The highest BCUT2D eigenvalue weighted by molar-refractivity contribution is 14.0. The van der Waals surface area contributed by atoms with Crippen LogP contribution in [-0.2, 0) is 6.54 Å². The SMILES string of the molecule is CCNC(=NCc1ccnc(-n2ccnc2)c1)NC(C)c1ccccc1.I. The molecule has 0 bridgehead atoms. The van der Waals surface area contributed by atoms with Crippen LogP contribution in [0.4, 0.5) is 0 Å². The van der Waals surface area contributed by atoms with Crippen LogP contribution in [0, 0.1) is 0 Å². The molecule has 2 N–H and O–H groups in total. The number of aromatic nitrogens is 3. The van der Waals surface area contributed by atoms with Crippen molar-refractivity contribution >= 4 is 29.9 Å². The molecule has 142 valence electrons. The summed E-state index contributed by atoms with van der Waals surface area (Å²) in [5, 5.41) is 6.76. The summed E-state index contributed by atoms with van der Waals surface area (Å²) in [6.07, 6.45) is 7.16. The number of guanidine groups is 1. The molecule has 3 rings (SSSR count). The molecule has 3 aromatic rings. The van der Waals surface area contributed by atoms with E-state index in [1.807, 2.05) is 41.1 Å². The molecule has 0 saturated carbocycles. The maximum Gasteiger partial charge on any atom is 0.192 e. The third-order valence-corrected chi connectivity index (χ3v) is 4.00. The van der Waals surface area contributed by atoms with Gasteiger partial charge in [0.2, 0.25) is 0 Å². The molecule has 0 amide bonds. The van der Waals surface area contributed by atoms with Gasteiger partial charge in [0.05, 0.1) is 12.6 Å². The third-order valence-electron chi connectivity index (χ3n) is 4.00. The zero-order valence-corrected chi connectivity index (χ0v) is 17.9. The van der Waals surface area contributed by atoms with Gasteiger partial charge in [-0.1, -0.05) is 30.3 Å². The Morgan fingerprint density at radius 2 is 2.00 bits per heavy atom. The van der Waals surface area contributed by atoms with Gasteiger partial charge in [-0.15, -0.1) is 24.0 Å². The number of hydrogen-bond donors (Lipinski definition) is 2. The molecule has 27 heavy (non-hydrogen) atoms. The maximum atomic E-state index is 4.71. The Hall–Kier alpha value is -2.42. The van der Waals surface area contributed by atoms with E-state index in [0.717, 1.165) is 23.9 Å². The van der Waals surface area contributed by atoms with Gasteiger partial charge in [0.25, 0.3) is 0 Å². The van der Waals surface area contributed by atoms with E-state index in [9.17, 15) is 0 Å². The van der Waals surface area contributed by atoms with Crippen LogP contribution in [0.2, 0.25) is 0 Å². The predicted molar refractivity (Wildman–Crippen MR) is 120 cm³/mol. The Balaban J connectivity index is 0.00000261. The standard InChI is InChI=1S/C20H24N6.HI/c1-3-22-20(25-16(2)18-7-5-4-6-8-18)24-14-17-9-10-23-19(13-17)26-12-11-21-15-26;/h4-13,15-16H,3,14H2,1-2H3,(H2,22,24,25);1H. The van der Waals surface area contributed by atoms with E-state index in [4.69, 9.17) is 4.99 Å². The molecule has 1 aromatic carbocycles. The fourth-order valence-electron chi connectivity index (χ4n) is 2.62. The number of halogens is 1. The molecule has 0 saturated heterocycles. The van der Waals surface area contributed by atoms with Crippen LogP contribution < -0.4 is 10.6 Å². The lowest BCUT2D eigenvalue weighted by Gasteiger charge is -2.18. The summed E-state index contributed by atoms with van der Waals surface area (Å²) in [7, 11) is 0. The highest BCUT2D eigenvalue weighted by Crippen LogP contribution is 2.11. The van der Waals surface area contributed by atoms with E-state index in [2.05, 4.69) is 46.6 Å². The molecule has 7 heteroatoms. The van der Waals surface area contributed by atoms with Crippen molar-refractivity contribution < 1.29 is 0 Å². The summed E-state index contributed by atoms with van der Waals surface area (Å²) < 4.78 is 1.88. The average molecular weight is 476 g/mol. The fraction of sp³-hybridized carbons (Fsp3) is 0.250. The minimum absolute atomic E-state index is 0. The van der Waals surface area contributed by atoms with Crippen LogP contribution in [0.1, 0.15) is 31.0 Å². The van der Waals surface area contributed by atoms with Crippen molar-refractivity contribution in [3.63, 3.8) is 0 Å². The lowest BCUT2D eigenvalue weighted by Crippen LogP contribution is -2.38. The molecule has 0 fully saturated rings. The van der Waals surface area contributed by atoms with Crippen molar-refractivity contribution in [3.05, 3.63) is 78.5 Å². The Bertz CT molecular complexity index is 833. The van der Waals surface area contributed by atoms with Crippen molar-refractivity contribution in [2.45, 2.75) is 26.4 Å².